The lowest BCUT2D eigenvalue weighted by Crippen LogP contribution is -2.02. The van der Waals surface area contributed by atoms with E-state index in [1.807, 2.05) is 6.92 Å². The van der Waals surface area contributed by atoms with Gasteiger partial charge in [0.25, 0.3) is 0 Å². The van der Waals surface area contributed by atoms with Gasteiger partial charge in [-0.3, -0.25) is 4.79 Å². The number of rotatable bonds is 4. The lowest BCUT2D eigenvalue weighted by Gasteiger charge is -2.05. The molecule has 0 saturated heterocycles. The van der Waals surface area contributed by atoms with Crippen LogP contribution in [0.2, 0.25) is 0 Å². The summed E-state index contributed by atoms with van der Waals surface area (Å²) in [6.07, 6.45) is 0. The molecule has 0 saturated carbocycles. The van der Waals surface area contributed by atoms with Gasteiger partial charge in [0.2, 0.25) is 0 Å². The van der Waals surface area contributed by atoms with Crippen LogP contribution in [-0.4, -0.2) is 12.4 Å². The molecule has 0 aliphatic carbocycles. The van der Waals surface area contributed by atoms with E-state index < -0.39 is 5.82 Å². The minimum Gasteiger partial charge on any atom is -0.494 e. The Morgan fingerprint density at radius 3 is 2.42 bits per heavy atom. The first kappa shape index (κ1) is 13.7. The highest BCUT2D eigenvalue weighted by Gasteiger charge is 2.11. The molecule has 19 heavy (non-hydrogen) atoms. The highest BCUT2D eigenvalue weighted by molar-refractivity contribution is 9.10. The lowest BCUT2D eigenvalue weighted by atomic mass is 10.0. The molecule has 0 fully saturated rings. The second kappa shape index (κ2) is 5.97. The van der Waals surface area contributed by atoms with Crippen molar-refractivity contribution >= 4 is 21.7 Å². The third-order valence-corrected chi connectivity index (χ3v) is 3.01. The zero-order valence-corrected chi connectivity index (χ0v) is 11.9. The fourth-order valence-corrected chi connectivity index (χ4v) is 2.19. The van der Waals surface area contributed by atoms with E-state index >= 15 is 0 Å². The monoisotopic (exact) mass is 322 g/mol. The van der Waals surface area contributed by atoms with Crippen LogP contribution < -0.4 is 4.74 Å². The summed E-state index contributed by atoms with van der Waals surface area (Å²) in [5.74, 6) is 0.0476. The number of hydrogen-bond donors (Lipinski definition) is 0. The summed E-state index contributed by atoms with van der Waals surface area (Å²) in [5.41, 5.74) is 0.817. The first-order valence-electron chi connectivity index (χ1n) is 5.84. The van der Waals surface area contributed by atoms with Gasteiger partial charge in [0.1, 0.15) is 11.6 Å². The Kier molecular flexibility index (Phi) is 4.32. The number of benzene rings is 2. The van der Waals surface area contributed by atoms with Gasteiger partial charge in [-0.15, -0.1) is 0 Å². The van der Waals surface area contributed by atoms with Crippen molar-refractivity contribution in [3.63, 3.8) is 0 Å². The smallest absolute Gasteiger partial charge is 0.193 e. The van der Waals surface area contributed by atoms with Crippen molar-refractivity contribution in [2.45, 2.75) is 6.92 Å². The first-order chi connectivity index (χ1) is 9.10. The molecule has 0 bridgehead atoms. The number of hydrogen-bond acceptors (Lipinski definition) is 2. The molecule has 0 aliphatic rings. The Morgan fingerprint density at radius 2 is 1.84 bits per heavy atom. The van der Waals surface area contributed by atoms with Crippen LogP contribution in [0.5, 0.6) is 5.75 Å². The second-order valence-corrected chi connectivity index (χ2v) is 4.86. The van der Waals surface area contributed by atoms with Gasteiger partial charge in [0.05, 0.1) is 6.61 Å². The van der Waals surface area contributed by atoms with Crippen molar-refractivity contribution in [1.82, 2.24) is 0 Å². The second-order valence-electron chi connectivity index (χ2n) is 3.94. The molecule has 2 aromatic rings. The van der Waals surface area contributed by atoms with Gasteiger partial charge in [-0.25, -0.2) is 4.39 Å². The average molecular weight is 323 g/mol. The van der Waals surface area contributed by atoms with E-state index in [-0.39, 0.29) is 5.78 Å². The van der Waals surface area contributed by atoms with Crippen molar-refractivity contribution in [1.29, 1.82) is 0 Å². The Balaban J connectivity index is 2.28. The largest absolute Gasteiger partial charge is 0.494 e. The molecule has 0 N–H and O–H groups in total. The molecule has 0 spiro atoms. The van der Waals surface area contributed by atoms with Gasteiger partial charge >= 0.3 is 0 Å². The molecular formula is C15H12BrFO2. The SMILES string of the molecule is CCOc1ccc(C(=O)c2cc(F)cc(Br)c2)cc1. The summed E-state index contributed by atoms with van der Waals surface area (Å²) in [6.45, 7) is 2.47. The van der Waals surface area contributed by atoms with E-state index in [1.165, 1.54) is 12.1 Å². The third-order valence-electron chi connectivity index (χ3n) is 2.55. The van der Waals surface area contributed by atoms with Crippen molar-refractivity contribution in [2.24, 2.45) is 0 Å². The molecule has 0 aromatic heterocycles. The van der Waals surface area contributed by atoms with Crippen LogP contribution in [0.25, 0.3) is 0 Å². The molecule has 2 nitrogen and oxygen atoms in total. The summed E-state index contributed by atoms with van der Waals surface area (Å²) in [4.78, 5) is 12.2. The highest BCUT2D eigenvalue weighted by Crippen LogP contribution is 2.19. The minimum absolute atomic E-state index is 0.219. The van der Waals surface area contributed by atoms with Gasteiger partial charge in [-0.05, 0) is 49.4 Å². The van der Waals surface area contributed by atoms with Crippen LogP contribution in [0.4, 0.5) is 4.39 Å². The maximum absolute atomic E-state index is 13.3. The van der Waals surface area contributed by atoms with Crippen molar-refractivity contribution < 1.29 is 13.9 Å². The maximum atomic E-state index is 13.3. The van der Waals surface area contributed by atoms with E-state index in [9.17, 15) is 9.18 Å². The van der Waals surface area contributed by atoms with E-state index in [0.29, 0.717) is 28.0 Å². The summed E-state index contributed by atoms with van der Waals surface area (Å²) in [6, 6.07) is 10.9. The Morgan fingerprint density at radius 1 is 1.16 bits per heavy atom. The summed E-state index contributed by atoms with van der Waals surface area (Å²) >= 11 is 3.17. The molecule has 0 aliphatic heterocycles. The zero-order chi connectivity index (χ0) is 13.8. The van der Waals surface area contributed by atoms with Crippen LogP contribution >= 0.6 is 15.9 Å². The van der Waals surface area contributed by atoms with Crippen LogP contribution in [0, 0.1) is 5.82 Å². The van der Waals surface area contributed by atoms with Gasteiger partial charge in [-0.2, -0.15) is 0 Å². The fourth-order valence-electron chi connectivity index (χ4n) is 1.72. The van der Waals surface area contributed by atoms with Crippen molar-refractivity contribution in [3.8, 4) is 5.75 Å². The van der Waals surface area contributed by atoms with E-state index in [0.717, 1.165) is 0 Å². The zero-order valence-electron chi connectivity index (χ0n) is 10.3. The van der Waals surface area contributed by atoms with E-state index in [4.69, 9.17) is 4.74 Å². The van der Waals surface area contributed by atoms with Gasteiger partial charge in [0, 0.05) is 15.6 Å². The molecule has 0 atom stereocenters. The van der Waals surface area contributed by atoms with Crippen LogP contribution in [-0.2, 0) is 0 Å². The topological polar surface area (TPSA) is 26.3 Å². The predicted molar refractivity (Wildman–Crippen MR) is 75.1 cm³/mol. The van der Waals surface area contributed by atoms with Gasteiger partial charge < -0.3 is 4.74 Å². The fraction of sp³-hybridized carbons (Fsp3) is 0.133. The summed E-state index contributed by atoms with van der Waals surface area (Å²) < 4.78 is 19.1. The average Bonchev–Trinajstić information content (AvgIpc) is 2.38. The molecule has 0 heterocycles. The maximum Gasteiger partial charge on any atom is 0.193 e. The van der Waals surface area contributed by atoms with E-state index in [2.05, 4.69) is 15.9 Å². The molecule has 0 unspecified atom stereocenters. The molecule has 98 valence electrons. The normalized spacial score (nSPS) is 10.3. The summed E-state index contributed by atoms with van der Waals surface area (Å²) in [7, 11) is 0. The number of halogens is 2. The minimum atomic E-state index is -0.441. The molecule has 0 radical (unpaired) electrons. The van der Waals surface area contributed by atoms with Crippen LogP contribution in [0.15, 0.2) is 46.9 Å². The van der Waals surface area contributed by atoms with Crippen LogP contribution in [0.1, 0.15) is 22.8 Å². The molecule has 2 aromatic carbocycles. The van der Waals surface area contributed by atoms with Crippen molar-refractivity contribution in [2.75, 3.05) is 6.61 Å². The standard InChI is InChI=1S/C15H12BrFO2/c1-2-19-14-5-3-10(4-6-14)15(18)11-7-12(16)9-13(17)8-11/h3-9H,2H2,1H3. The Labute approximate surface area is 119 Å². The molecule has 4 heteroatoms. The Hall–Kier alpha value is -1.68. The van der Waals surface area contributed by atoms with E-state index in [1.54, 1.807) is 30.3 Å². The summed E-state index contributed by atoms with van der Waals surface area (Å²) in [5, 5.41) is 0. The quantitative estimate of drug-likeness (QED) is 0.788. The number of carbonyl (C=O) groups excluding carboxylic acids is 1. The van der Waals surface area contributed by atoms with Crippen molar-refractivity contribution in [3.05, 3.63) is 63.9 Å². The molecule has 2 rings (SSSR count). The van der Waals surface area contributed by atoms with Crippen LogP contribution in [0.3, 0.4) is 0 Å². The molecular weight excluding hydrogens is 311 g/mol. The third kappa shape index (κ3) is 3.41. The Bertz CT molecular complexity index is 573. The predicted octanol–water partition coefficient (Wildman–Crippen LogP) is 4.22. The number of carbonyl (C=O) groups is 1. The molecule has 0 amide bonds. The lowest BCUT2D eigenvalue weighted by molar-refractivity contribution is 0.103. The first-order valence-corrected chi connectivity index (χ1v) is 6.63. The number of ether oxygens (including phenoxy) is 1. The number of ketones is 1. The van der Waals surface area contributed by atoms with Gasteiger partial charge in [0.15, 0.2) is 5.78 Å². The van der Waals surface area contributed by atoms with Gasteiger partial charge in [-0.1, -0.05) is 15.9 Å². The highest BCUT2D eigenvalue weighted by atomic mass is 79.9.